The van der Waals surface area contributed by atoms with Gasteiger partial charge in [-0.2, -0.15) is 5.10 Å². The van der Waals surface area contributed by atoms with E-state index >= 15 is 0 Å². The number of fused-ring (bicyclic) bond motifs is 2. The molecule has 1 amide bonds. The lowest BCUT2D eigenvalue weighted by atomic mass is 10.0. The van der Waals surface area contributed by atoms with Crippen LogP contribution < -0.4 is 5.32 Å². The summed E-state index contributed by atoms with van der Waals surface area (Å²) in [5, 5.41) is 30.2. The van der Waals surface area contributed by atoms with Crippen molar-refractivity contribution in [2.45, 2.75) is 43.1 Å². The Morgan fingerprint density at radius 3 is 2.71 bits per heavy atom. The molecule has 3 aromatic rings. The van der Waals surface area contributed by atoms with Crippen molar-refractivity contribution in [3.05, 3.63) is 47.4 Å². The molecule has 184 valence electrons. The van der Waals surface area contributed by atoms with Crippen LogP contribution in [0.1, 0.15) is 34.9 Å². The van der Waals surface area contributed by atoms with E-state index in [9.17, 15) is 32.6 Å². The monoisotopic (exact) mass is 492 g/mol. The summed E-state index contributed by atoms with van der Waals surface area (Å²) in [5.41, 5.74) is -0.485. The lowest BCUT2D eigenvalue weighted by Crippen LogP contribution is -2.38. The first-order valence-corrected chi connectivity index (χ1v) is 11.1. The van der Waals surface area contributed by atoms with Gasteiger partial charge < -0.3 is 20.4 Å². The fraction of sp³-hybridized carbons (Fsp3) is 0.455. The predicted molar refractivity (Wildman–Crippen MR) is 112 cm³/mol. The molecule has 2 aromatic heterocycles. The number of carbonyl (C=O) groups excluding carboxylic acids is 1. The maximum atomic E-state index is 14.5. The minimum atomic E-state index is -3.33. The van der Waals surface area contributed by atoms with Crippen LogP contribution in [0.5, 0.6) is 0 Å². The number of likely N-dealkylation sites (tertiary alicyclic amines) is 1. The summed E-state index contributed by atoms with van der Waals surface area (Å²) in [4.78, 5) is 22.4. The smallest absolute Gasteiger partial charge is 0.275 e. The number of rotatable bonds is 4. The average molecular weight is 492 g/mol. The lowest BCUT2D eigenvalue weighted by Gasteiger charge is -2.25. The Hall–Kier alpha value is -3.32. The number of H-pyrrole nitrogens is 1. The second-order valence-electron chi connectivity index (χ2n) is 9.41. The standard InChI is InChI=1S/C22H20F4N6O3/c23-8-1-2-12(24)11(3-8)13-5-22(25,26)6-32(13)21(35)16-14-19(27-7-28-20(14)31-30-16)29-15-9-4-10(9)17(33)18(15)34/h1-3,7,9-10,13,15,17-18,33-34H,4-6H2,(H2,27,28,29,30,31)/t9-,10+,13+,15+,17+,18-/m0/s1. The zero-order chi connectivity index (χ0) is 24.6. The summed E-state index contributed by atoms with van der Waals surface area (Å²) in [7, 11) is 0. The summed E-state index contributed by atoms with van der Waals surface area (Å²) in [6.07, 6.45) is -0.876. The van der Waals surface area contributed by atoms with Crippen LogP contribution in [0.3, 0.4) is 0 Å². The number of halogens is 4. The van der Waals surface area contributed by atoms with Crippen LogP contribution in [0.15, 0.2) is 24.5 Å². The third-order valence-electron chi connectivity index (χ3n) is 7.22. The maximum Gasteiger partial charge on any atom is 0.275 e. The molecule has 6 atom stereocenters. The highest BCUT2D eigenvalue weighted by atomic mass is 19.3. The molecule has 9 nitrogen and oxygen atoms in total. The first-order chi connectivity index (χ1) is 16.6. The maximum absolute atomic E-state index is 14.5. The Bertz CT molecular complexity index is 1340. The van der Waals surface area contributed by atoms with E-state index in [0.29, 0.717) is 0 Å². The largest absolute Gasteiger partial charge is 0.390 e. The van der Waals surface area contributed by atoms with Gasteiger partial charge in [0.2, 0.25) is 0 Å². The summed E-state index contributed by atoms with van der Waals surface area (Å²) in [5.74, 6) is -5.85. The Kier molecular flexibility index (Phi) is 4.81. The number of anilines is 1. The number of alkyl halides is 2. The van der Waals surface area contributed by atoms with Gasteiger partial charge in [-0.05, 0) is 36.5 Å². The molecule has 1 aromatic carbocycles. The van der Waals surface area contributed by atoms with Crippen LogP contribution in [0.2, 0.25) is 0 Å². The number of amides is 1. The second kappa shape index (κ2) is 7.59. The molecule has 1 saturated heterocycles. The van der Waals surface area contributed by atoms with E-state index in [1.54, 1.807) is 0 Å². The molecular weight excluding hydrogens is 472 g/mol. The van der Waals surface area contributed by atoms with E-state index in [-0.39, 0.29) is 39.9 Å². The SMILES string of the molecule is O=C(c1n[nH]c2ncnc(N[C@H]3[C@H](O)[C@H](O)[C@@H]4C[C@@H]43)c12)N1CC(F)(F)C[C@@H]1c1cc(F)ccc1F. The first-order valence-electron chi connectivity index (χ1n) is 11.1. The van der Waals surface area contributed by atoms with Crippen molar-refractivity contribution < 1.29 is 32.6 Å². The van der Waals surface area contributed by atoms with Crippen LogP contribution in [0, 0.1) is 23.5 Å². The molecule has 0 radical (unpaired) electrons. The Morgan fingerprint density at radius 2 is 1.97 bits per heavy atom. The van der Waals surface area contributed by atoms with Crippen molar-refractivity contribution in [3.8, 4) is 0 Å². The van der Waals surface area contributed by atoms with Gasteiger partial charge >= 0.3 is 0 Å². The van der Waals surface area contributed by atoms with Crippen molar-refractivity contribution in [1.82, 2.24) is 25.1 Å². The van der Waals surface area contributed by atoms with Crippen LogP contribution in [0.4, 0.5) is 23.4 Å². The van der Waals surface area contributed by atoms with Crippen molar-refractivity contribution in [1.29, 1.82) is 0 Å². The van der Waals surface area contributed by atoms with Gasteiger partial charge in [0.05, 0.1) is 30.1 Å². The fourth-order valence-corrected chi connectivity index (χ4v) is 5.45. The van der Waals surface area contributed by atoms with E-state index in [0.717, 1.165) is 29.5 Å². The van der Waals surface area contributed by atoms with Gasteiger partial charge in [0.25, 0.3) is 11.8 Å². The highest BCUT2D eigenvalue weighted by molar-refractivity contribution is 6.08. The molecule has 1 aliphatic heterocycles. The van der Waals surface area contributed by atoms with Crippen molar-refractivity contribution in [2.75, 3.05) is 11.9 Å². The quantitative estimate of drug-likeness (QED) is 0.411. The number of aromatic amines is 1. The molecule has 0 spiro atoms. The van der Waals surface area contributed by atoms with Crippen molar-refractivity contribution in [3.63, 3.8) is 0 Å². The third kappa shape index (κ3) is 3.52. The molecule has 0 bridgehead atoms. The fourth-order valence-electron chi connectivity index (χ4n) is 5.45. The molecule has 6 rings (SSSR count). The summed E-state index contributed by atoms with van der Waals surface area (Å²) < 4.78 is 57.1. The summed E-state index contributed by atoms with van der Waals surface area (Å²) in [6, 6.07) is 0.555. The van der Waals surface area contributed by atoms with Crippen LogP contribution in [-0.4, -0.2) is 71.9 Å². The van der Waals surface area contributed by atoms with Gasteiger partial charge in [0, 0.05) is 12.0 Å². The number of aliphatic hydroxyl groups excluding tert-OH is 2. The highest BCUT2D eigenvalue weighted by Crippen LogP contribution is 2.53. The number of hydrogen-bond acceptors (Lipinski definition) is 7. The van der Waals surface area contributed by atoms with Gasteiger partial charge in [-0.3, -0.25) is 9.89 Å². The molecule has 13 heteroatoms. The zero-order valence-corrected chi connectivity index (χ0v) is 18.0. The summed E-state index contributed by atoms with van der Waals surface area (Å²) in [6.45, 7) is -1.01. The number of nitrogens with one attached hydrogen (secondary N) is 2. The molecule has 2 aliphatic carbocycles. The minimum Gasteiger partial charge on any atom is -0.390 e. The molecule has 0 unspecified atom stereocenters. The highest BCUT2D eigenvalue weighted by Gasteiger charge is 2.59. The summed E-state index contributed by atoms with van der Waals surface area (Å²) >= 11 is 0. The first kappa shape index (κ1) is 22.2. The average Bonchev–Trinajstić information content (AvgIpc) is 3.28. The molecule has 2 saturated carbocycles. The van der Waals surface area contributed by atoms with Gasteiger partial charge in [-0.15, -0.1) is 0 Å². The topological polar surface area (TPSA) is 127 Å². The minimum absolute atomic E-state index is 0.0219. The second-order valence-corrected chi connectivity index (χ2v) is 9.41. The number of benzene rings is 1. The van der Waals surface area contributed by atoms with E-state index in [1.165, 1.54) is 6.33 Å². The van der Waals surface area contributed by atoms with Gasteiger partial charge in [0.15, 0.2) is 11.3 Å². The van der Waals surface area contributed by atoms with E-state index < -0.39 is 60.7 Å². The number of aliphatic hydroxyl groups is 2. The molecule has 35 heavy (non-hydrogen) atoms. The zero-order valence-electron chi connectivity index (χ0n) is 18.0. The lowest BCUT2D eigenvalue weighted by molar-refractivity contribution is 0.0117. The molecular formula is C22H20F4N6O3. The number of hydrogen-bond donors (Lipinski definition) is 4. The van der Waals surface area contributed by atoms with Crippen molar-refractivity contribution >= 4 is 22.8 Å². The van der Waals surface area contributed by atoms with Gasteiger partial charge in [-0.1, -0.05) is 0 Å². The van der Waals surface area contributed by atoms with Crippen molar-refractivity contribution in [2.24, 2.45) is 11.8 Å². The molecule has 3 aliphatic rings. The molecule has 3 heterocycles. The van der Waals surface area contributed by atoms with E-state index in [4.69, 9.17) is 0 Å². The molecule has 4 N–H and O–H groups in total. The van der Waals surface area contributed by atoms with E-state index in [2.05, 4.69) is 25.5 Å². The number of nitrogens with zero attached hydrogens (tertiary/aromatic N) is 4. The van der Waals surface area contributed by atoms with Crippen LogP contribution >= 0.6 is 0 Å². The van der Waals surface area contributed by atoms with Crippen LogP contribution in [-0.2, 0) is 0 Å². The van der Waals surface area contributed by atoms with E-state index in [1.807, 2.05) is 0 Å². The Labute approximate surface area is 195 Å². The normalized spacial score (nSPS) is 31.1. The predicted octanol–water partition coefficient (Wildman–Crippen LogP) is 2.01. The van der Waals surface area contributed by atoms with Crippen LogP contribution in [0.25, 0.3) is 11.0 Å². The Balaban J connectivity index is 1.38. The third-order valence-corrected chi connectivity index (χ3v) is 7.22. The van der Waals surface area contributed by atoms with Gasteiger partial charge in [-0.25, -0.2) is 27.5 Å². The molecule has 3 fully saturated rings. The number of aromatic nitrogens is 4. The number of carbonyl (C=O) groups is 1. The Morgan fingerprint density at radius 1 is 1.17 bits per heavy atom. The van der Waals surface area contributed by atoms with Gasteiger partial charge in [0.1, 0.15) is 29.9 Å².